The lowest BCUT2D eigenvalue weighted by atomic mass is 10.0. The quantitative estimate of drug-likeness (QED) is 0.428. The van der Waals surface area contributed by atoms with Gasteiger partial charge in [0.25, 0.3) is 5.91 Å². The average molecular weight is 357 g/mol. The van der Waals surface area contributed by atoms with Crippen LogP contribution in [-0.4, -0.2) is 16.1 Å². The summed E-state index contributed by atoms with van der Waals surface area (Å²) in [5, 5.41) is 32.5. The monoisotopic (exact) mass is 356 g/mol. The molecule has 1 atom stereocenters. The van der Waals surface area contributed by atoms with Crippen LogP contribution in [0.25, 0.3) is 0 Å². The fourth-order valence-electron chi connectivity index (χ4n) is 2.24. The van der Waals surface area contributed by atoms with Gasteiger partial charge >= 0.3 is 0 Å². The van der Waals surface area contributed by atoms with Crippen LogP contribution in [-0.2, 0) is 4.79 Å². The number of hydrogen-bond acceptors (Lipinski definition) is 4. The van der Waals surface area contributed by atoms with Crippen LogP contribution in [0.15, 0.2) is 59.9 Å². The van der Waals surface area contributed by atoms with Gasteiger partial charge < -0.3 is 15.5 Å². The van der Waals surface area contributed by atoms with Crippen molar-refractivity contribution in [1.82, 2.24) is 0 Å². The number of aryl methyl sites for hydroxylation is 1. The van der Waals surface area contributed by atoms with Gasteiger partial charge in [0.2, 0.25) is 0 Å². The van der Waals surface area contributed by atoms with Crippen molar-refractivity contribution in [2.75, 3.05) is 5.32 Å². The van der Waals surface area contributed by atoms with E-state index in [4.69, 9.17) is 11.6 Å². The van der Waals surface area contributed by atoms with E-state index >= 15 is 0 Å². The maximum absolute atomic E-state index is 12.2. The average Bonchev–Trinajstić information content (AvgIpc) is 2.59. The molecule has 0 saturated carbocycles. The predicted molar refractivity (Wildman–Crippen MR) is 96.1 cm³/mol. The molecule has 0 aromatic heterocycles. The van der Waals surface area contributed by atoms with Crippen molar-refractivity contribution in [2.24, 2.45) is 0 Å². The van der Waals surface area contributed by atoms with Gasteiger partial charge in [0.15, 0.2) is 5.57 Å². The van der Waals surface area contributed by atoms with E-state index in [1.165, 1.54) is 0 Å². The molecule has 5 nitrogen and oxygen atoms in total. The zero-order valence-electron chi connectivity index (χ0n) is 13.5. The fraction of sp³-hybridized carbons (Fsp3) is 0.158. The van der Waals surface area contributed by atoms with E-state index in [1.54, 1.807) is 61.5 Å². The van der Waals surface area contributed by atoms with Crippen LogP contribution >= 0.6 is 11.6 Å². The fourth-order valence-corrected chi connectivity index (χ4v) is 2.36. The van der Waals surface area contributed by atoms with E-state index in [1.807, 2.05) is 0 Å². The highest BCUT2D eigenvalue weighted by molar-refractivity contribution is 6.31. The van der Waals surface area contributed by atoms with Gasteiger partial charge in [0, 0.05) is 17.1 Å². The molecule has 6 heteroatoms. The van der Waals surface area contributed by atoms with Crippen molar-refractivity contribution >= 4 is 23.2 Å². The molecule has 0 radical (unpaired) electrons. The van der Waals surface area contributed by atoms with Gasteiger partial charge in [-0.2, -0.15) is 5.26 Å². The first-order chi connectivity index (χ1) is 11.9. The summed E-state index contributed by atoms with van der Waals surface area (Å²) in [6.07, 6.45) is -1.25. The number of carbonyl (C=O) groups excluding carboxylic acids is 1. The van der Waals surface area contributed by atoms with Gasteiger partial charge in [0.1, 0.15) is 11.8 Å². The molecule has 2 rings (SSSR count). The second kappa shape index (κ2) is 8.34. The Bertz CT molecular complexity index is 841. The van der Waals surface area contributed by atoms with Gasteiger partial charge in [-0.1, -0.05) is 41.9 Å². The number of nitrogens with one attached hydrogen (secondary N) is 1. The van der Waals surface area contributed by atoms with Crippen molar-refractivity contribution in [3.05, 3.63) is 76.0 Å². The highest BCUT2D eigenvalue weighted by atomic mass is 35.5. The van der Waals surface area contributed by atoms with Crippen LogP contribution in [0.1, 0.15) is 23.7 Å². The molecule has 128 valence electrons. The normalized spacial score (nSPS) is 12.7. The molecule has 2 aromatic carbocycles. The van der Waals surface area contributed by atoms with Crippen LogP contribution in [0.4, 0.5) is 5.69 Å². The summed E-state index contributed by atoms with van der Waals surface area (Å²) in [4.78, 5) is 12.2. The van der Waals surface area contributed by atoms with Gasteiger partial charge in [-0.25, -0.2) is 0 Å². The SMILES string of the molecule is Cc1cc(NC(=O)/C(C#N)=C(\O)CC(O)c2ccccc2)ccc1Cl. The number of aliphatic hydroxyl groups is 2. The number of aliphatic hydroxyl groups excluding tert-OH is 2. The number of anilines is 1. The van der Waals surface area contributed by atoms with Crippen molar-refractivity contribution in [2.45, 2.75) is 19.4 Å². The van der Waals surface area contributed by atoms with Crippen LogP contribution in [0.5, 0.6) is 0 Å². The number of hydrogen-bond donors (Lipinski definition) is 3. The molecule has 3 N–H and O–H groups in total. The Kier molecular flexibility index (Phi) is 6.18. The van der Waals surface area contributed by atoms with E-state index in [2.05, 4.69) is 5.32 Å². The Morgan fingerprint density at radius 2 is 1.96 bits per heavy atom. The number of halogens is 1. The van der Waals surface area contributed by atoms with Crippen molar-refractivity contribution in [3.8, 4) is 6.07 Å². The molecule has 0 fully saturated rings. The maximum atomic E-state index is 12.2. The van der Waals surface area contributed by atoms with E-state index in [9.17, 15) is 20.3 Å². The predicted octanol–water partition coefficient (Wildman–Crippen LogP) is 4.05. The largest absolute Gasteiger partial charge is 0.511 e. The molecule has 25 heavy (non-hydrogen) atoms. The number of amides is 1. The number of nitrogens with zero attached hydrogens (tertiary/aromatic N) is 1. The first-order valence-corrected chi connectivity index (χ1v) is 7.93. The lowest BCUT2D eigenvalue weighted by Gasteiger charge is -2.12. The Morgan fingerprint density at radius 1 is 1.28 bits per heavy atom. The van der Waals surface area contributed by atoms with Crippen LogP contribution in [0.3, 0.4) is 0 Å². The zero-order valence-corrected chi connectivity index (χ0v) is 14.3. The smallest absolute Gasteiger partial charge is 0.269 e. The van der Waals surface area contributed by atoms with Crippen molar-refractivity contribution in [3.63, 3.8) is 0 Å². The third-order valence-corrected chi connectivity index (χ3v) is 4.04. The van der Waals surface area contributed by atoms with Gasteiger partial charge in [0.05, 0.1) is 6.10 Å². The number of benzene rings is 2. The molecule has 0 spiro atoms. The highest BCUT2D eigenvalue weighted by Crippen LogP contribution is 2.23. The molecule has 0 bridgehead atoms. The summed E-state index contributed by atoms with van der Waals surface area (Å²) in [6.45, 7) is 1.78. The van der Waals surface area contributed by atoms with E-state index in [-0.39, 0.29) is 6.42 Å². The molecule has 0 saturated heterocycles. The lowest BCUT2D eigenvalue weighted by Crippen LogP contribution is -2.16. The summed E-state index contributed by atoms with van der Waals surface area (Å²) in [7, 11) is 0. The standard InChI is InChI=1S/C19H17ClN2O3/c1-12-9-14(7-8-16(12)20)22-19(25)15(11-21)18(24)10-17(23)13-5-3-2-4-6-13/h2-9,17,23-24H,10H2,1H3,(H,22,25)/b18-15-. The Hall–Kier alpha value is -2.81. The second-order valence-corrected chi connectivity index (χ2v) is 5.89. The highest BCUT2D eigenvalue weighted by Gasteiger charge is 2.19. The minimum absolute atomic E-state index is 0.236. The summed E-state index contributed by atoms with van der Waals surface area (Å²) in [6, 6.07) is 15.3. The second-order valence-electron chi connectivity index (χ2n) is 5.48. The Morgan fingerprint density at radius 3 is 2.56 bits per heavy atom. The third-order valence-electron chi connectivity index (χ3n) is 3.61. The maximum Gasteiger partial charge on any atom is 0.269 e. The zero-order chi connectivity index (χ0) is 18.4. The van der Waals surface area contributed by atoms with Crippen LogP contribution in [0, 0.1) is 18.3 Å². The number of carbonyl (C=O) groups is 1. The molecule has 0 aliphatic heterocycles. The summed E-state index contributed by atoms with van der Waals surface area (Å²) >= 11 is 5.93. The molecule has 0 aliphatic rings. The minimum Gasteiger partial charge on any atom is -0.511 e. The van der Waals surface area contributed by atoms with Crippen molar-refractivity contribution in [1.29, 1.82) is 5.26 Å². The number of rotatable bonds is 5. The van der Waals surface area contributed by atoms with Crippen molar-refractivity contribution < 1.29 is 15.0 Å². The first kappa shape index (κ1) is 18.5. The molecular weight excluding hydrogens is 340 g/mol. The lowest BCUT2D eigenvalue weighted by molar-refractivity contribution is -0.112. The van der Waals surface area contributed by atoms with E-state index in [0.29, 0.717) is 16.3 Å². The molecular formula is C19H17ClN2O3. The third kappa shape index (κ3) is 4.83. The van der Waals surface area contributed by atoms with E-state index in [0.717, 1.165) is 5.56 Å². The molecule has 0 aliphatic carbocycles. The minimum atomic E-state index is -1.02. The van der Waals surface area contributed by atoms with Gasteiger partial charge in [-0.05, 0) is 36.2 Å². The summed E-state index contributed by atoms with van der Waals surface area (Å²) in [5.74, 6) is -1.22. The number of nitriles is 1. The van der Waals surface area contributed by atoms with Gasteiger partial charge in [-0.3, -0.25) is 4.79 Å². The van der Waals surface area contributed by atoms with Crippen LogP contribution < -0.4 is 5.32 Å². The Labute approximate surface area is 150 Å². The first-order valence-electron chi connectivity index (χ1n) is 7.55. The topological polar surface area (TPSA) is 93.4 Å². The molecule has 0 heterocycles. The Balaban J connectivity index is 2.15. The summed E-state index contributed by atoms with van der Waals surface area (Å²) < 4.78 is 0. The molecule has 2 aromatic rings. The molecule has 1 unspecified atom stereocenters. The molecule has 1 amide bonds. The van der Waals surface area contributed by atoms with E-state index < -0.39 is 23.3 Å². The van der Waals surface area contributed by atoms with Crippen LogP contribution in [0.2, 0.25) is 5.02 Å². The summed E-state index contributed by atoms with van der Waals surface area (Å²) in [5.41, 5.74) is 1.37. The van der Waals surface area contributed by atoms with Gasteiger partial charge in [-0.15, -0.1) is 0 Å².